The normalized spacial score (nSPS) is 16.6. The van der Waals surface area contributed by atoms with Crippen LogP contribution in [0, 0.1) is 0 Å². The minimum Gasteiger partial charge on any atom is -0.395 e. The van der Waals surface area contributed by atoms with Crippen molar-refractivity contribution in [3.05, 3.63) is 18.1 Å². The number of carbonyl (C=O) groups excluding carboxylic acids is 1. The van der Waals surface area contributed by atoms with Crippen molar-refractivity contribution >= 4 is 11.8 Å². The van der Waals surface area contributed by atoms with Crippen molar-refractivity contribution < 1.29 is 9.90 Å². The zero-order valence-electron chi connectivity index (χ0n) is 8.84. The van der Waals surface area contributed by atoms with Crippen LogP contribution in [0.5, 0.6) is 0 Å². The quantitative estimate of drug-likeness (QED) is 0.636. The highest BCUT2D eigenvalue weighted by Crippen LogP contribution is 2.18. The molecule has 7 nitrogen and oxygen atoms in total. The summed E-state index contributed by atoms with van der Waals surface area (Å²) in [6.07, 6.45) is 3.04. The lowest BCUT2D eigenvalue weighted by Gasteiger charge is -2.30. The van der Waals surface area contributed by atoms with E-state index in [4.69, 9.17) is 5.11 Å². The van der Waals surface area contributed by atoms with E-state index in [1.165, 1.54) is 11.3 Å². The van der Waals surface area contributed by atoms with Crippen LogP contribution < -0.4 is 15.8 Å². The summed E-state index contributed by atoms with van der Waals surface area (Å²) in [4.78, 5) is 19.6. The second kappa shape index (κ2) is 4.42. The van der Waals surface area contributed by atoms with Crippen LogP contribution in [-0.4, -0.2) is 33.8 Å². The SMILES string of the molecule is C[C@H](CO)NN1C(=O)NCc2cncnc21. The fourth-order valence-electron chi connectivity index (χ4n) is 1.41. The summed E-state index contributed by atoms with van der Waals surface area (Å²) >= 11 is 0. The number of carbonyl (C=O) groups is 1. The van der Waals surface area contributed by atoms with E-state index in [-0.39, 0.29) is 18.7 Å². The minimum atomic E-state index is -0.286. The van der Waals surface area contributed by atoms with Gasteiger partial charge in [0.05, 0.1) is 6.61 Å². The maximum absolute atomic E-state index is 11.6. The molecule has 0 saturated carbocycles. The van der Waals surface area contributed by atoms with E-state index in [0.717, 1.165) is 5.56 Å². The number of anilines is 1. The molecule has 1 aliphatic heterocycles. The monoisotopic (exact) mass is 223 g/mol. The lowest BCUT2D eigenvalue weighted by atomic mass is 10.2. The Morgan fingerprint density at radius 3 is 3.31 bits per heavy atom. The first-order chi connectivity index (χ1) is 7.72. The smallest absolute Gasteiger partial charge is 0.338 e. The summed E-state index contributed by atoms with van der Waals surface area (Å²) in [7, 11) is 0. The predicted octanol–water partition coefficient (Wildman–Crippen LogP) is -0.608. The Morgan fingerprint density at radius 1 is 1.75 bits per heavy atom. The third-order valence-corrected chi connectivity index (χ3v) is 2.23. The van der Waals surface area contributed by atoms with Crippen LogP contribution in [0.2, 0.25) is 0 Å². The van der Waals surface area contributed by atoms with Gasteiger partial charge in [-0.15, -0.1) is 0 Å². The molecule has 2 amide bonds. The summed E-state index contributed by atoms with van der Waals surface area (Å²) < 4.78 is 0. The summed E-state index contributed by atoms with van der Waals surface area (Å²) in [5.41, 5.74) is 3.69. The summed E-state index contributed by atoms with van der Waals surface area (Å²) in [6.45, 7) is 2.12. The molecule has 86 valence electrons. The van der Waals surface area contributed by atoms with Crippen LogP contribution in [0.3, 0.4) is 0 Å². The third-order valence-electron chi connectivity index (χ3n) is 2.23. The summed E-state index contributed by atoms with van der Waals surface area (Å²) in [6, 6.07) is -0.516. The van der Waals surface area contributed by atoms with Crippen molar-refractivity contribution in [2.24, 2.45) is 0 Å². The van der Waals surface area contributed by atoms with Gasteiger partial charge in [0.15, 0.2) is 5.82 Å². The van der Waals surface area contributed by atoms with E-state index in [1.807, 2.05) is 0 Å². The molecule has 0 aliphatic carbocycles. The molecule has 0 unspecified atom stereocenters. The molecule has 1 aliphatic rings. The Balaban J connectivity index is 2.26. The van der Waals surface area contributed by atoms with E-state index < -0.39 is 0 Å². The van der Waals surface area contributed by atoms with Crippen LogP contribution in [0.4, 0.5) is 10.6 Å². The van der Waals surface area contributed by atoms with Crippen LogP contribution in [0.1, 0.15) is 12.5 Å². The molecule has 1 atom stereocenters. The van der Waals surface area contributed by atoms with E-state index in [1.54, 1.807) is 13.1 Å². The molecule has 2 heterocycles. The topological polar surface area (TPSA) is 90.4 Å². The first-order valence-corrected chi connectivity index (χ1v) is 4.96. The number of hydrazine groups is 1. The Morgan fingerprint density at radius 2 is 2.56 bits per heavy atom. The molecular formula is C9H13N5O2. The largest absolute Gasteiger partial charge is 0.395 e. The number of nitrogens with zero attached hydrogens (tertiary/aromatic N) is 3. The van der Waals surface area contributed by atoms with Crippen LogP contribution in [0.15, 0.2) is 12.5 Å². The number of amides is 2. The molecule has 2 rings (SSSR count). The van der Waals surface area contributed by atoms with Crippen molar-refractivity contribution in [2.75, 3.05) is 11.6 Å². The van der Waals surface area contributed by atoms with Gasteiger partial charge in [0.1, 0.15) is 6.33 Å². The van der Waals surface area contributed by atoms with Crippen LogP contribution in [0.25, 0.3) is 0 Å². The average Bonchev–Trinajstić information content (AvgIpc) is 2.32. The van der Waals surface area contributed by atoms with Gasteiger partial charge in [0.2, 0.25) is 0 Å². The van der Waals surface area contributed by atoms with Crippen molar-refractivity contribution in [1.29, 1.82) is 0 Å². The molecule has 0 aromatic carbocycles. The van der Waals surface area contributed by atoms with Gasteiger partial charge in [-0.2, -0.15) is 0 Å². The fraction of sp³-hybridized carbons (Fsp3) is 0.444. The first kappa shape index (κ1) is 10.8. The van der Waals surface area contributed by atoms with Gasteiger partial charge >= 0.3 is 6.03 Å². The van der Waals surface area contributed by atoms with E-state index in [0.29, 0.717) is 12.4 Å². The Bertz CT molecular complexity index is 397. The van der Waals surface area contributed by atoms with Crippen molar-refractivity contribution in [3.8, 4) is 0 Å². The molecule has 7 heteroatoms. The van der Waals surface area contributed by atoms with Gasteiger partial charge in [-0.3, -0.25) is 0 Å². The number of hydrogen-bond acceptors (Lipinski definition) is 5. The molecule has 0 saturated heterocycles. The van der Waals surface area contributed by atoms with Gasteiger partial charge in [0, 0.05) is 24.3 Å². The third kappa shape index (κ3) is 1.95. The van der Waals surface area contributed by atoms with Crippen molar-refractivity contribution in [1.82, 2.24) is 20.7 Å². The highest BCUT2D eigenvalue weighted by atomic mass is 16.3. The van der Waals surface area contributed by atoms with Gasteiger partial charge in [-0.1, -0.05) is 0 Å². The number of aromatic nitrogens is 2. The summed E-state index contributed by atoms with van der Waals surface area (Å²) in [5, 5.41) is 12.9. The number of rotatable bonds is 3. The number of hydrogen-bond donors (Lipinski definition) is 3. The first-order valence-electron chi connectivity index (χ1n) is 4.96. The lowest BCUT2D eigenvalue weighted by Crippen LogP contribution is -2.55. The molecule has 0 spiro atoms. The molecule has 0 fully saturated rings. The van der Waals surface area contributed by atoms with E-state index in [9.17, 15) is 4.79 Å². The molecule has 16 heavy (non-hydrogen) atoms. The zero-order valence-corrected chi connectivity index (χ0v) is 8.84. The van der Waals surface area contributed by atoms with Crippen LogP contribution >= 0.6 is 0 Å². The number of aliphatic hydroxyl groups is 1. The number of aliphatic hydroxyl groups excluding tert-OH is 1. The minimum absolute atomic E-state index is 0.0653. The molecule has 1 aromatic heterocycles. The van der Waals surface area contributed by atoms with Gasteiger partial charge < -0.3 is 10.4 Å². The van der Waals surface area contributed by atoms with E-state index in [2.05, 4.69) is 20.7 Å². The second-order valence-electron chi connectivity index (χ2n) is 3.58. The molecular weight excluding hydrogens is 210 g/mol. The molecule has 0 radical (unpaired) electrons. The number of nitrogens with one attached hydrogen (secondary N) is 2. The lowest BCUT2D eigenvalue weighted by molar-refractivity contribution is 0.227. The Labute approximate surface area is 92.5 Å². The van der Waals surface area contributed by atoms with Gasteiger partial charge in [-0.05, 0) is 6.92 Å². The highest BCUT2D eigenvalue weighted by Gasteiger charge is 2.26. The highest BCUT2D eigenvalue weighted by molar-refractivity contribution is 5.92. The Hall–Kier alpha value is -1.73. The summed E-state index contributed by atoms with van der Waals surface area (Å²) in [5.74, 6) is 0.527. The van der Waals surface area contributed by atoms with Crippen LogP contribution in [-0.2, 0) is 6.54 Å². The maximum atomic E-state index is 11.6. The van der Waals surface area contributed by atoms with Gasteiger partial charge in [-0.25, -0.2) is 25.2 Å². The Kier molecular flexibility index (Phi) is 2.97. The average molecular weight is 223 g/mol. The van der Waals surface area contributed by atoms with Crippen molar-refractivity contribution in [2.45, 2.75) is 19.5 Å². The van der Waals surface area contributed by atoms with Crippen molar-refractivity contribution in [3.63, 3.8) is 0 Å². The molecule has 0 bridgehead atoms. The van der Waals surface area contributed by atoms with Gasteiger partial charge in [0.25, 0.3) is 0 Å². The standard InChI is InChI=1S/C9H13N5O2/c1-6(4-15)13-14-8-7(2-10-5-12-8)3-11-9(14)16/h2,5-6,13,15H,3-4H2,1H3,(H,11,16)/t6-/m1/s1. The van der Waals surface area contributed by atoms with E-state index >= 15 is 0 Å². The number of urea groups is 1. The maximum Gasteiger partial charge on any atom is 0.338 e. The number of fused-ring (bicyclic) bond motifs is 1. The fourth-order valence-corrected chi connectivity index (χ4v) is 1.41. The molecule has 1 aromatic rings. The zero-order chi connectivity index (χ0) is 11.5. The molecule has 3 N–H and O–H groups in total. The predicted molar refractivity (Wildman–Crippen MR) is 56.4 cm³/mol. The second-order valence-corrected chi connectivity index (χ2v) is 3.58.